The average Bonchev–Trinajstić information content (AvgIpc) is 2.84. The summed E-state index contributed by atoms with van der Waals surface area (Å²) in [4.78, 5) is 2.77. The molecule has 3 N–H and O–H groups in total. The van der Waals surface area contributed by atoms with E-state index in [9.17, 15) is 5.11 Å². The van der Waals surface area contributed by atoms with Crippen molar-refractivity contribution in [2.24, 2.45) is 11.7 Å². The molecule has 0 saturated carbocycles. The zero-order valence-corrected chi connectivity index (χ0v) is 13.3. The Morgan fingerprint density at radius 1 is 1.43 bits per heavy atom. The predicted molar refractivity (Wildman–Crippen MR) is 88.7 cm³/mol. The van der Waals surface area contributed by atoms with Crippen LogP contribution in [0.25, 0.3) is 0 Å². The van der Waals surface area contributed by atoms with Crippen molar-refractivity contribution in [3.63, 3.8) is 0 Å². The Balaban J connectivity index is 1.71. The van der Waals surface area contributed by atoms with Crippen LogP contribution in [0.5, 0.6) is 5.75 Å². The number of aliphatic hydroxyl groups is 1. The third-order valence-corrected chi connectivity index (χ3v) is 4.42. The van der Waals surface area contributed by atoms with Crippen LogP contribution >= 0.6 is 12.2 Å². The van der Waals surface area contributed by atoms with Gasteiger partial charge in [0.1, 0.15) is 10.7 Å². The lowest BCUT2D eigenvalue weighted by Gasteiger charge is -2.24. The van der Waals surface area contributed by atoms with Crippen molar-refractivity contribution in [2.45, 2.75) is 25.8 Å². The minimum atomic E-state index is 0.252. The normalized spacial score (nSPS) is 22.4. The van der Waals surface area contributed by atoms with Gasteiger partial charge in [-0.15, -0.1) is 0 Å². The Morgan fingerprint density at radius 2 is 2.14 bits per heavy atom. The van der Waals surface area contributed by atoms with Crippen molar-refractivity contribution < 1.29 is 9.84 Å². The lowest BCUT2D eigenvalue weighted by molar-refractivity contribution is 0.133. The van der Waals surface area contributed by atoms with E-state index >= 15 is 0 Å². The zero-order chi connectivity index (χ0) is 15.2. The zero-order valence-electron chi connectivity index (χ0n) is 12.5. The van der Waals surface area contributed by atoms with Crippen LogP contribution in [-0.4, -0.2) is 47.3 Å². The number of likely N-dealkylation sites (tertiary alicyclic amines) is 1. The van der Waals surface area contributed by atoms with Crippen LogP contribution in [-0.2, 0) is 0 Å². The smallest absolute Gasteiger partial charge is 0.119 e. The molecule has 0 bridgehead atoms. The van der Waals surface area contributed by atoms with Crippen molar-refractivity contribution in [1.82, 2.24) is 4.90 Å². The molecule has 5 heteroatoms. The summed E-state index contributed by atoms with van der Waals surface area (Å²) in [6.45, 7) is 5.19. The monoisotopic (exact) mass is 308 g/mol. The molecule has 0 aliphatic carbocycles. The number of benzene rings is 1. The summed E-state index contributed by atoms with van der Waals surface area (Å²) in [6, 6.07) is 7.85. The highest BCUT2D eigenvalue weighted by Gasteiger charge is 2.29. The highest BCUT2D eigenvalue weighted by Crippen LogP contribution is 2.23. The van der Waals surface area contributed by atoms with E-state index in [-0.39, 0.29) is 6.61 Å². The quantitative estimate of drug-likeness (QED) is 0.594. The predicted octanol–water partition coefficient (Wildman–Crippen LogP) is 1.79. The van der Waals surface area contributed by atoms with E-state index in [0.29, 0.717) is 23.6 Å². The maximum atomic E-state index is 9.42. The second kappa shape index (κ2) is 7.73. The van der Waals surface area contributed by atoms with Crippen LogP contribution in [0.2, 0.25) is 0 Å². The summed E-state index contributed by atoms with van der Waals surface area (Å²) < 4.78 is 5.72. The first-order valence-corrected chi connectivity index (χ1v) is 7.90. The van der Waals surface area contributed by atoms with Gasteiger partial charge in [-0.1, -0.05) is 19.1 Å². The third-order valence-electron chi connectivity index (χ3n) is 4.18. The molecule has 116 valence electrons. The lowest BCUT2D eigenvalue weighted by Crippen LogP contribution is -2.36. The fourth-order valence-electron chi connectivity index (χ4n) is 2.83. The van der Waals surface area contributed by atoms with Crippen LogP contribution in [0.4, 0.5) is 0 Å². The topological polar surface area (TPSA) is 58.7 Å². The maximum Gasteiger partial charge on any atom is 0.119 e. The fourth-order valence-corrected chi connectivity index (χ4v) is 2.97. The Labute approximate surface area is 131 Å². The molecule has 21 heavy (non-hydrogen) atoms. The van der Waals surface area contributed by atoms with Crippen molar-refractivity contribution in [3.05, 3.63) is 29.8 Å². The molecule has 1 saturated heterocycles. The molecule has 1 fully saturated rings. The van der Waals surface area contributed by atoms with Crippen molar-refractivity contribution in [1.29, 1.82) is 0 Å². The molecule has 1 aliphatic rings. The summed E-state index contributed by atoms with van der Waals surface area (Å²) in [5.41, 5.74) is 6.41. The maximum absolute atomic E-state index is 9.42. The van der Waals surface area contributed by atoms with Gasteiger partial charge in [0.15, 0.2) is 0 Å². The molecule has 1 aromatic rings. The van der Waals surface area contributed by atoms with Gasteiger partial charge in [0.25, 0.3) is 0 Å². The molecule has 0 amide bonds. The second-order valence-corrected chi connectivity index (χ2v) is 6.08. The van der Waals surface area contributed by atoms with Crippen LogP contribution < -0.4 is 10.5 Å². The second-order valence-electron chi connectivity index (χ2n) is 5.64. The van der Waals surface area contributed by atoms with Gasteiger partial charge in [-0.3, -0.25) is 4.90 Å². The molecule has 1 heterocycles. The summed E-state index contributed by atoms with van der Waals surface area (Å²) in [7, 11) is 0. The van der Waals surface area contributed by atoms with E-state index < -0.39 is 0 Å². The molecular weight excluding hydrogens is 284 g/mol. The molecular formula is C16H24N2O2S. The van der Waals surface area contributed by atoms with E-state index in [0.717, 1.165) is 30.8 Å². The molecule has 2 atom stereocenters. The Hall–Kier alpha value is -1.17. The van der Waals surface area contributed by atoms with Crippen molar-refractivity contribution >= 4 is 17.2 Å². The van der Waals surface area contributed by atoms with Gasteiger partial charge in [0.2, 0.25) is 0 Å². The first-order chi connectivity index (χ1) is 10.1. The Bertz CT molecular complexity index is 464. The highest BCUT2D eigenvalue weighted by atomic mass is 32.1. The minimum absolute atomic E-state index is 0.252. The molecule has 1 aromatic carbocycles. The van der Waals surface area contributed by atoms with Crippen molar-refractivity contribution in [2.75, 3.05) is 26.3 Å². The lowest BCUT2D eigenvalue weighted by atomic mass is 10.0. The number of hydrogen-bond acceptors (Lipinski definition) is 4. The van der Waals surface area contributed by atoms with E-state index in [1.54, 1.807) is 0 Å². The molecule has 0 radical (unpaired) electrons. The number of rotatable bonds is 7. The number of aliphatic hydroxyl groups excluding tert-OH is 1. The summed E-state index contributed by atoms with van der Waals surface area (Å²) in [5, 5.41) is 9.42. The molecule has 4 nitrogen and oxygen atoms in total. The SMILES string of the molecule is CC1CCN(CCCOc2ccc(C(N)=S)cc2)C1CO. The standard InChI is InChI=1S/C16H24N2O2S/c1-12-7-9-18(15(12)11-19)8-2-10-20-14-5-3-13(4-6-14)16(17)21/h3-6,12,15,19H,2,7-11H2,1H3,(H2,17,21). The van der Waals surface area contributed by atoms with Crippen LogP contribution in [0.3, 0.4) is 0 Å². The van der Waals surface area contributed by atoms with Crippen molar-refractivity contribution in [3.8, 4) is 5.75 Å². The molecule has 1 aliphatic heterocycles. The largest absolute Gasteiger partial charge is 0.494 e. The number of thiocarbonyl (C=S) groups is 1. The number of nitrogens with two attached hydrogens (primary N) is 1. The number of nitrogens with zero attached hydrogens (tertiary/aromatic N) is 1. The average molecular weight is 308 g/mol. The molecule has 2 rings (SSSR count). The Morgan fingerprint density at radius 3 is 2.76 bits per heavy atom. The van der Waals surface area contributed by atoms with Crippen LogP contribution in [0, 0.1) is 5.92 Å². The van der Waals surface area contributed by atoms with E-state index in [1.807, 2.05) is 24.3 Å². The first kappa shape index (κ1) is 16.2. The van der Waals surface area contributed by atoms with Gasteiger partial charge < -0.3 is 15.6 Å². The molecule has 2 unspecified atom stereocenters. The van der Waals surface area contributed by atoms with Gasteiger partial charge >= 0.3 is 0 Å². The van der Waals surface area contributed by atoms with Crippen LogP contribution in [0.15, 0.2) is 24.3 Å². The molecule has 0 spiro atoms. The third kappa shape index (κ3) is 4.40. The highest BCUT2D eigenvalue weighted by molar-refractivity contribution is 7.80. The summed E-state index contributed by atoms with van der Waals surface area (Å²) in [5.74, 6) is 1.42. The first-order valence-electron chi connectivity index (χ1n) is 7.49. The van der Waals surface area contributed by atoms with Gasteiger partial charge in [-0.25, -0.2) is 0 Å². The number of ether oxygens (including phenoxy) is 1. The fraction of sp³-hybridized carbons (Fsp3) is 0.562. The summed E-state index contributed by atoms with van der Waals surface area (Å²) >= 11 is 4.92. The van der Waals surface area contributed by atoms with Gasteiger partial charge in [0, 0.05) is 18.2 Å². The van der Waals surface area contributed by atoms with E-state index in [4.69, 9.17) is 22.7 Å². The van der Waals surface area contributed by atoms with E-state index in [1.165, 1.54) is 6.42 Å². The van der Waals surface area contributed by atoms with Gasteiger partial charge in [0.05, 0.1) is 13.2 Å². The number of hydrogen-bond donors (Lipinski definition) is 2. The summed E-state index contributed by atoms with van der Waals surface area (Å²) in [6.07, 6.45) is 2.13. The van der Waals surface area contributed by atoms with Crippen LogP contribution in [0.1, 0.15) is 25.3 Å². The van der Waals surface area contributed by atoms with Gasteiger partial charge in [-0.05, 0) is 49.6 Å². The van der Waals surface area contributed by atoms with E-state index in [2.05, 4.69) is 11.8 Å². The Kier molecular flexibility index (Phi) is 5.96. The minimum Gasteiger partial charge on any atom is -0.494 e. The van der Waals surface area contributed by atoms with Gasteiger partial charge in [-0.2, -0.15) is 0 Å². The molecule has 0 aromatic heterocycles.